The third-order valence-corrected chi connectivity index (χ3v) is 4.56. The normalized spacial score (nSPS) is 15.3. The summed E-state index contributed by atoms with van der Waals surface area (Å²) in [6.07, 6.45) is 5.49. The fraction of sp³-hybridized carbons (Fsp3) is 0.529. The fourth-order valence-corrected chi connectivity index (χ4v) is 3.33. The quantitative estimate of drug-likeness (QED) is 0.893. The van der Waals surface area contributed by atoms with E-state index >= 15 is 0 Å². The summed E-state index contributed by atoms with van der Waals surface area (Å²) >= 11 is 5.87. The highest BCUT2D eigenvalue weighted by Gasteiger charge is 2.23. The standard InChI is InChI=1S/C17H22ClFN2O2/c1-12(22)21(13-6-3-2-4-7-13)11-10-20-17(23)16-14(18)8-5-9-15(16)19/h5,8-9,13H,2-4,6-7,10-11H2,1H3,(H,20,23). The molecule has 6 heteroatoms. The SMILES string of the molecule is CC(=O)N(CCNC(=O)c1c(F)cccc1Cl)C1CCCCC1. The summed E-state index contributed by atoms with van der Waals surface area (Å²) in [7, 11) is 0. The van der Waals surface area contributed by atoms with Crippen molar-refractivity contribution in [3.8, 4) is 0 Å². The first kappa shape index (κ1) is 17.7. The van der Waals surface area contributed by atoms with Crippen LogP contribution in [0.25, 0.3) is 0 Å². The van der Waals surface area contributed by atoms with Crippen LogP contribution in [-0.2, 0) is 4.79 Å². The van der Waals surface area contributed by atoms with Crippen LogP contribution < -0.4 is 5.32 Å². The van der Waals surface area contributed by atoms with Gasteiger partial charge in [0.2, 0.25) is 5.91 Å². The van der Waals surface area contributed by atoms with Crippen molar-refractivity contribution in [3.63, 3.8) is 0 Å². The predicted molar refractivity (Wildman–Crippen MR) is 88.0 cm³/mol. The Morgan fingerprint density at radius 3 is 2.61 bits per heavy atom. The zero-order valence-electron chi connectivity index (χ0n) is 13.3. The number of benzene rings is 1. The first-order valence-corrected chi connectivity index (χ1v) is 8.38. The summed E-state index contributed by atoms with van der Waals surface area (Å²) in [6, 6.07) is 4.37. The van der Waals surface area contributed by atoms with Crippen molar-refractivity contribution < 1.29 is 14.0 Å². The van der Waals surface area contributed by atoms with Crippen LogP contribution in [0.4, 0.5) is 4.39 Å². The third kappa shape index (κ3) is 4.67. The van der Waals surface area contributed by atoms with Crippen molar-refractivity contribution in [2.45, 2.75) is 45.1 Å². The topological polar surface area (TPSA) is 49.4 Å². The van der Waals surface area contributed by atoms with Gasteiger partial charge in [0.25, 0.3) is 5.91 Å². The molecule has 4 nitrogen and oxygen atoms in total. The van der Waals surface area contributed by atoms with E-state index in [0.29, 0.717) is 6.54 Å². The van der Waals surface area contributed by atoms with E-state index in [1.54, 1.807) is 6.92 Å². The molecule has 0 bridgehead atoms. The second kappa shape index (κ2) is 8.29. The van der Waals surface area contributed by atoms with E-state index < -0.39 is 11.7 Å². The molecule has 0 aromatic heterocycles. The minimum Gasteiger partial charge on any atom is -0.350 e. The van der Waals surface area contributed by atoms with Gasteiger partial charge in [0.15, 0.2) is 0 Å². The van der Waals surface area contributed by atoms with Gasteiger partial charge >= 0.3 is 0 Å². The number of nitrogens with zero attached hydrogens (tertiary/aromatic N) is 1. The van der Waals surface area contributed by atoms with Gasteiger partial charge in [-0.3, -0.25) is 9.59 Å². The summed E-state index contributed by atoms with van der Waals surface area (Å²) in [6.45, 7) is 2.25. The highest BCUT2D eigenvalue weighted by Crippen LogP contribution is 2.22. The predicted octanol–water partition coefficient (Wildman–Crippen LogP) is 3.39. The molecule has 1 fully saturated rings. The molecule has 0 unspecified atom stereocenters. The van der Waals surface area contributed by atoms with Crippen LogP contribution in [0.2, 0.25) is 5.02 Å². The average Bonchev–Trinajstić information content (AvgIpc) is 2.52. The Labute approximate surface area is 141 Å². The molecule has 1 aromatic rings. The molecule has 0 spiro atoms. The summed E-state index contributed by atoms with van der Waals surface area (Å²) in [5.74, 6) is -1.19. The highest BCUT2D eigenvalue weighted by atomic mass is 35.5. The van der Waals surface area contributed by atoms with Crippen LogP contribution in [-0.4, -0.2) is 35.8 Å². The molecular weight excluding hydrogens is 319 g/mol. The lowest BCUT2D eigenvalue weighted by Gasteiger charge is -2.33. The van der Waals surface area contributed by atoms with Crippen LogP contribution in [0.3, 0.4) is 0 Å². The minimum absolute atomic E-state index is 0.00933. The van der Waals surface area contributed by atoms with Gasteiger partial charge in [0.05, 0.1) is 10.6 Å². The van der Waals surface area contributed by atoms with Crippen molar-refractivity contribution in [2.75, 3.05) is 13.1 Å². The molecule has 126 valence electrons. The van der Waals surface area contributed by atoms with Crippen LogP contribution in [0.15, 0.2) is 18.2 Å². The molecule has 1 aromatic carbocycles. The van der Waals surface area contributed by atoms with Gasteiger partial charge in [-0.1, -0.05) is 36.9 Å². The Hall–Kier alpha value is -1.62. The van der Waals surface area contributed by atoms with Gasteiger partial charge in [-0.25, -0.2) is 4.39 Å². The van der Waals surface area contributed by atoms with Crippen molar-refractivity contribution in [3.05, 3.63) is 34.6 Å². The van der Waals surface area contributed by atoms with Crippen molar-refractivity contribution in [2.24, 2.45) is 0 Å². The number of hydrogen-bond acceptors (Lipinski definition) is 2. The summed E-state index contributed by atoms with van der Waals surface area (Å²) in [4.78, 5) is 25.7. The Bertz CT molecular complexity index is 553. The molecule has 1 saturated carbocycles. The van der Waals surface area contributed by atoms with Crippen LogP contribution in [0, 0.1) is 5.82 Å². The average molecular weight is 341 g/mol. The molecule has 1 N–H and O–H groups in total. The molecule has 0 atom stereocenters. The molecule has 0 saturated heterocycles. The van der Waals surface area contributed by atoms with E-state index in [4.69, 9.17) is 11.6 Å². The first-order chi connectivity index (χ1) is 11.0. The van der Waals surface area contributed by atoms with E-state index in [9.17, 15) is 14.0 Å². The Morgan fingerprint density at radius 1 is 1.30 bits per heavy atom. The van der Waals surface area contributed by atoms with Gasteiger partial charge < -0.3 is 10.2 Å². The van der Waals surface area contributed by atoms with E-state index in [1.165, 1.54) is 24.6 Å². The number of carbonyl (C=O) groups is 2. The lowest BCUT2D eigenvalue weighted by molar-refractivity contribution is -0.131. The second-order valence-corrected chi connectivity index (χ2v) is 6.26. The molecule has 1 aliphatic rings. The Morgan fingerprint density at radius 2 is 2.00 bits per heavy atom. The van der Waals surface area contributed by atoms with E-state index in [0.717, 1.165) is 25.7 Å². The monoisotopic (exact) mass is 340 g/mol. The van der Waals surface area contributed by atoms with Gasteiger partial charge in [-0.05, 0) is 25.0 Å². The number of hydrogen-bond donors (Lipinski definition) is 1. The molecule has 0 heterocycles. The molecule has 2 rings (SSSR count). The Kier molecular flexibility index (Phi) is 6.39. The maximum atomic E-state index is 13.7. The van der Waals surface area contributed by atoms with Crippen molar-refractivity contribution >= 4 is 23.4 Å². The largest absolute Gasteiger partial charge is 0.350 e. The van der Waals surface area contributed by atoms with Crippen molar-refractivity contribution in [1.29, 1.82) is 0 Å². The number of nitrogens with one attached hydrogen (secondary N) is 1. The molecule has 23 heavy (non-hydrogen) atoms. The van der Waals surface area contributed by atoms with E-state index in [1.807, 2.05) is 4.90 Å². The summed E-state index contributed by atoms with van der Waals surface area (Å²) in [5.41, 5.74) is -0.152. The van der Waals surface area contributed by atoms with E-state index in [2.05, 4.69) is 5.32 Å². The first-order valence-electron chi connectivity index (χ1n) is 8.00. The van der Waals surface area contributed by atoms with E-state index in [-0.39, 0.29) is 29.1 Å². The lowest BCUT2D eigenvalue weighted by atomic mass is 9.94. The molecule has 1 aliphatic carbocycles. The minimum atomic E-state index is -0.647. The summed E-state index contributed by atoms with van der Waals surface area (Å²) in [5, 5.41) is 2.73. The zero-order valence-corrected chi connectivity index (χ0v) is 14.0. The van der Waals surface area contributed by atoms with Gasteiger partial charge in [-0.2, -0.15) is 0 Å². The fourth-order valence-electron chi connectivity index (χ4n) is 3.08. The maximum absolute atomic E-state index is 13.7. The third-order valence-electron chi connectivity index (χ3n) is 4.25. The smallest absolute Gasteiger partial charge is 0.255 e. The second-order valence-electron chi connectivity index (χ2n) is 5.86. The maximum Gasteiger partial charge on any atom is 0.255 e. The molecular formula is C17H22ClFN2O2. The Balaban J connectivity index is 1.91. The number of halogens is 2. The molecule has 0 aliphatic heterocycles. The zero-order chi connectivity index (χ0) is 16.8. The van der Waals surface area contributed by atoms with Crippen LogP contribution in [0.5, 0.6) is 0 Å². The van der Waals surface area contributed by atoms with Gasteiger partial charge in [0.1, 0.15) is 5.82 Å². The van der Waals surface area contributed by atoms with Gasteiger partial charge in [-0.15, -0.1) is 0 Å². The molecule has 0 radical (unpaired) electrons. The van der Waals surface area contributed by atoms with Crippen LogP contribution >= 0.6 is 11.6 Å². The highest BCUT2D eigenvalue weighted by molar-refractivity contribution is 6.33. The number of amides is 2. The van der Waals surface area contributed by atoms with Crippen molar-refractivity contribution in [1.82, 2.24) is 10.2 Å². The lowest BCUT2D eigenvalue weighted by Crippen LogP contribution is -2.44. The molecule has 2 amide bonds. The number of rotatable bonds is 5. The number of carbonyl (C=O) groups excluding carboxylic acids is 2. The summed E-state index contributed by atoms with van der Waals surface area (Å²) < 4.78 is 13.7. The van der Waals surface area contributed by atoms with Gasteiger partial charge in [0, 0.05) is 26.1 Å². The van der Waals surface area contributed by atoms with Crippen LogP contribution in [0.1, 0.15) is 49.4 Å².